The van der Waals surface area contributed by atoms with Gasteiger partial charge in [0.2, 0.25) is 15.9 Å². The second kappa shape index (κ2) is 9.32. The maximum Gasteiger partial charge on any atom is 0.250 e. The van der Waals surface area contributed by atoms with Crippen LogP contribution in [0.15, 0.2) is 34.8 Å². The topological polar surface area (TPSA) is 131 Å². The first kappa shape index (κ1) is 21.9. The lowest BCUT2D eigenvalue weighted by molar-refractivity contribution is -0.119. The highest BCUT2D eigenvalue weighted by atomic mass is 32.2. The Bertz CT molecular complexity index is 1140. The molecule has 1 amide bonds. The van der Waals surface area contributed by atoms with Crippen LogP contribution in [0.5, 0.6) is 0 Å². The first-order valence-corrected chi connectivity index (χ1v) is 11.5. The largest absolute Gasteiger partial charge is 0.369 e. The number of anilines is 1. The summed E-state index contributed by atoms with van der Waals surface area (Å²) in [7, 11) is -3.62. The summed E-state index contributed by atoms with van der Waals surface area (Å²) in [6.45, 7) is 5.93. The van der Waals surface area contributed by atoms with Crippen LogP contribution in [-0.2, 0) is 21.4 Å². The summed E-state index contributed by atoms with van der Waals surface area (Å²) in [4.78, 5) is 24.7. The first-order chi connectivity index (χ1) is 14.2. The number of hydrogen-bond donors (Lipinski definition) is 3. The van der Waals surface area contributed by atoms with Gasteiger partial charge in [0.25, 0.3) is 0 Å². The van der Waals surface area contributed by atoms with Crippen LogP contribution in [0.2, 0.25) is 0 Å². The fourth-order valence-electron chi connectivity index (χ4n) is 2.64. The Hall–Kier alpha value is -2.83. The molecule has 160 valence electrons. The van der Waals surface area contributed by atoms with Crippen molar-refractivity contribution >= 4 is 33.1 Å². The highest BCUT2D eigenvalue weighted by molar-refractivity contribution is 7.91. The van der Waals surface area contributed by atoms with E-state index in [0.29, 0.717) is 30.5 Å². The number of aryl methyl sites for hydroxylation is 2. The molecule has 3 rings (SSSR count). The van der Waals surface area contributed by atoms with Crippen molar-refractivity contribution in [2.45, 2.75) is 31.5 Å². The molecule has 0 radical (unpaired) electrons. The van der Waals surface area contributed by atoms with E-state index in [0.717, 1.165) is 22.0 Å². The number of amides is 1. The fraction of sp³-hybridized carbons (Fsp3) is 0.333. The highest BCUT2D eigenvalue weighted by Gasteiger charge is 2.16. The van der Waals surface area contributed by atoms with E-state index in [1.807, 2.05) is 17.7 Å². The predicted molar refractivity (Wildman–Crippen MR) is 114 cm³/mol. The van der Waals surface area contributed by atoms with Gasteiger partial charge in [-0.25, -0.2) is 28.1 Å². The van der Waals surface area contributed by atoms with Gasteiger partial charge in [-0.1, -0.05) is 0 Å². The summed E-state index contributed by atoms with van der Waals surface area (Å²) >= 11 is 1.13. The molecular formula is C18H23N7O3S2. The quantitative estimate of drug-likeness (QED) is 0.421. The summed E-state index contributed by atoms with van der Waals surface area (Å²) in [5, 5.41) is 5.76. The average molecular weight is 450 g/mol. The Kier molecular flexibility index (Phi) is 6.80. The van der Waals surface area contributed by atoms with E-state index in [1.54, 1.807) is 25.3 Å². The van der Waals surface area contributed by atoms with Gasteiger partial charge >= 0.3 is 0 Å². The number of sulfonamides is 1. The molecule has 0 aliphatic heterocycles. The maximum absolute atomic E-state index is 12.4. The molecular weight excluding hydrogens is 426 g/mol. The van der Waals surface area contributed by atoms with E-state index < -0.39 is 10.0 Å². The van der Waals surface area contributed by atoms with Crippen LogP contribution < -0.4 is 15.4 Å². The zero-order chi connectivity index (χ0) is 21.7. The smallest absolute Gasteiger partial charge is 0.250 e. The Balaban J connectivity index is 1.56. The Morgan fingerprint density at radius 3 is 2.70 bits per heavy atom. The maximum atomic E-state index is 12.4. The van der Waals surface area contributed by atoms with Gasteiger partial charge in [-0.2, -0.15) is 0 Å². The lowest BCUT2D eigenvalue weighted by atomic mass is 10.4. The molecule has 3 aromatic rings. The number of carbonyl (C=O) groups excluding carboxylic acids is 1. The Morgan fingerprint density at radius 2 is 2.00 bits per heavy atom. The van der Waals surface area contributed by atoms with Crippen LogP contribution in [0.4, 0.5) is 5.82 Å². The van der Waals surface area contributed by atoms with E-state index in [2.05, 4.69) is 30.3 Å². The molecule has 0 saturated heterocycles. The molecule has 3 aromatic heterocycles. The second-order valence-corrected chi connectivity index (χ2v) is 9.62. The molecule has 0 aliphatic rings. The Morgan fingerprint density at radius 1 is 1.20 bits per heavy atom. The van der Waals surface area contributed by atoms with Gasteiger partial charge in [-0.3, -0.25) is 9.36 Å². The van der Waals surface area contributed by atoms with Crippen molar-refractivity contribution in [2.75, 3.05) is 18.4 Å². The van der Waals surface area contributed by atoms with E-state index >= 15 is 0 Å². The van der Waals surface area contributed by atoms with Crippen LogP contribution in [0.3, 0.4) is 0 Å². The molecule has 0 atom stereocenters. The molecule has 0 spiro atoms. The molecule has 0 aromatic carbocycles. The van der Waals surface area contributed by atoms with E-state index in [-0.39, 0.29) is 16.7 Å². The lowest BCUT2D eigenvalue weighted by Gasteiger charge is -2.10. The van der Waals surface area contributed by atoms with Crippen molar-refractivity contribution in [3.05, 3.63) is 47.1 Å². The minimum absolute atomic E-state index is 0.164. The molecule has 3 N–H and O–H groups in total. The number of aromatic nitrogens is 4. The normalized spacial score (nSPS) is 11.4. The van der Waals surface area contributed by atoms with Crippen molar-refractivity contribution < 1.29 is 13.2 Å². The van der Waals surface area contributed by atoms with Crippen LogP contribution in [0.25, 0.3) is 5.82 Å². The molecule has 3 heterocycles. The molecule has 0 bridgehead atoms. The number of nitrogens with zero attached hydrogens (tertiary/aromatic N) is 4. The minimum atomic E-state index is -3.62. The number of hydrogen-bond acceptors (Lipinski definition) is 8. The zero-order valence-corrected chi connectivity index (χ0v) is 18.5. The van der Waals surface area contributed by atoms with Crippen LogP contribution in [0.1, 0.15) is 23.4 Å². The number of nitrogens with one attached hydrogen (secondary N) is 3. The van der Waals surface area contributed by atoms with Gasteiger partial charge in [0.15, 0.2) is 0 Å². The third-order valence-electron chi connectivity index (χ3n) is 4.03. The lowest BCUT2D eigenvalue weighted by Crippen LogP contribution is -2.28. The van der Waals surface area contributed by atoms with Gasteiger partial charge in [0, 0.05) is 43.4 Å². The number of thiophene rings is 1. The van der Waals surface area contributed by atoms with Crippen molar-refractivity contribution in [3.63, 3.8) is 0 Å². The molecule has 10 nitrogen and oxygen atoms in total. The van der Waals surface area contributed by atoms with Crippen molar-refractivity contribution in [1.82, 2.24) is 29.6 Å². The average Bonchev–Trinajstić information content (AvgIpc) is 3.32. The summed E-state index contributed by atoms with van der Waals surface area (Å²) < 4.78 is 29.5. The number of imidazole rings is 1. The molecule has 30 heavy (non-hydrogen) atoms. The first-order valence-electron chi connectivity index (χ1n) is 9.17. The monoisotopic (exact) mass is 449 g/mol. The minimum Gasteiger partial charge on any atom is -0.369 e. The summed E-state index contributed by atoms with van der Waals surface area (Å²) in [5.74, 6) is 2.52. The molecule has 0 saturated carbocycles. The zero-order valence-electron chi connectivity index (χ0n) is 16.8. The molecule has 0 aliphatic carbocycles. The molecule has 12 heteroatoms. The van der Waals surface area contributed by atoms with Crippen molar-refractivity contribution in [2.24, 2.45) is 0 Å². The summed E-state index contributed by atoms with van der Waals surface area (Å²) in [6, 6.07) is 5.01. The second-order valence-electron chi connectivity index (χ2n) is 6.46. The van der Waals surface area contributed by atoms with Gasteiger partial charge < -0.3 is 10.6 Å². The van der Waals surface area contributed by atoms with E-state index in [4.69, 9.17) is 0 Å². The van der Waals surface area contributed by atoms with Crippen molar-refractivity contribution in [3.8, 4) is 5.82 Å². The Labute approximate surface area is 178 Å². The SMILES string of the molecule is CC(=O)NCc1ccc(S(=O)(=O)NCCNc2cc(-n3ccnc3C)nc(C)n2)s1. The standard InChI is InChI=1S/C18H23N7O3S2/c1-12-23-16(10-17(24-12)25-9-8-19-13(25)2)20-6-7-22-30(27,28)18-5-4-15(29-18)11-21-14(3)26/h4-5,8-10,22H,6-7,11H2,1-3H3,(H,21,26)(H,20,23,24). The molecule has 0 fully saturated rings. The van der Waals surface area contributed by atoms with Gasteiger partial charge in [0.1, 0.15) is 27.5 Å². The highest BCUT2D eigenvalue weighted by Crippen LogP contribution is 2.21. The number of rotatable bonds is 9. The van der Waals surface area contributed by atoms with E-state index in [9.17, 15) is 13.2 Å². The van der Waals surface area contributed by atoms with Crippen LogP contribution >= 0.6 is 11.3 Å². The van der Waals surface area contributed by atoms with Crippen molar-refractivity contribution in [1.29, 1.82) is 0 Å². The fourth-order valence-corrected chi connectivity index (χ4v) is 5.01. The van der Waals surface area contributed by atoms with Crippen LogP contribution in [0, 0.1) is 13.8 Å². The summed E-state index contributed by atoms with van der Waals surface area (Å²) in [5.41, 5.74) is 0. The molecule has 0 unspecified atom stereocenters. The van der Waals surface area contributed by atoms with E-state index in [1.165, 1.54) is 13.0 Å². The van der Waals surface area contributed by atoms with Gasteiger partial charge in [0.05, 0.1) is 6.54 Å². The summed E-state index contributed by atoms with van der Waals surface area (Å²) in [6.07, 6.45) is 3.51. The van der Waals surface area contributed by atoms with Gasteiger partial charge in [-0.05, 0) is 26.0 Å². The third-order valence-corrected chi connectivity index (χ3v) is 7.07. The predicted octanol–water partition coefficient (Wildman–Crippen LogP) is 1.37. The van der Waals surface area contributed by atoms with Crippen LogP contribution in [-0.4, -0.2) is 46.9 Å². The number of carbonyl (C=O) groups is 1. The van der Waals surface area contributed by atoms with Gasteiger partial charge in [-0.15, -0.1) is 11.3 Å². The third kappa shape index (κ3) is 5.62.